The van der Waals surface area contributed by atoms with E-state index in [1.54, 1.807) is 19.2 Å². The number of rotatable bonds is 5. The van der Waals surface area contributed by atoms with Gasteiger partial charge in [0.25, 0.3) is 5.91 Å². The zero-order valence-electron chi connectivity index (χ0n) is 14.1. The molecule has 0 unspecified atom stereocenters. The average Bonchev–Trinajstić information content (AvgIpc) is 2.55. The van der Waals surface area contributed by atoms with Crippen LogP contribution in [0.5, 0.6) is 0 Å². The van der Waals surface area contributed by atoms with Gasteiger partial charge in [-0.1, -0.05) is 25.3 Å². The highest BCUT2D eigenvalue weighted by Gasteiger charge is 2.24. The molecule has 0 bridgehead atoms. The van der Waals surface area contributed by atoms with Crippen molar-refractivity contribution in [1.82, 2.24) is 9.62 Å². The zero-order chi connectivity index (χ0) is 17.0. The molecule has 0 saturated heterocycles. The normalized spacial score (nSPS) is 16.7. The molecule has 6 heteroatoms. The van der Waals surface area contributed by atoms with E-state index in [0.29, 0.717) is 5.56 Å². The summed E-state index contributed by atoms with van der Waals surface area (Å²) < 4.78 is 26.4. The van der Waals surface area contributed by atoms with Crippen LogP contribution in [0.3, 0.4) is 0 Å². The number of sulfonamides is 1. The topological polar surface area (TPSA) is 66.5 Å². The fraction of sp³-hybridized carbons (Fsp3) is 0.588. The Morgan fingerprint density at radius 1 is 1.22 bits per heavy atom. The van der Waals surface area contributed by atoms with Gasteiger partial charge in [-0.2, -0.15) is 4.31 Å². The van der Waals surface area contributed by atoms with E-state index in [4.69, 9.17) is 0 Å². The minimum absolute atomic E-state index is 0.139. The van der Waals surface area contributed by atoms with Gasteiger partial charge in [-0.05, 0) is 44.9 Å². The van der Waals surface area contributed by atoms with Gasteiger partial charge in [0.05, 0.1) is 4.90 Å². The lowest BCUT2D eigenvalue weighted by atomic mass is 9.95. The summed E-state index contributed by atoms with van der Waals surface area (Å²) in [6, 6.07) is 6.34. The van der Waals surface area contributed by atoms with Crippen LogP contribution in [0, 0.1) is 0 Å². The maximum Gasteiger partial charge on any atom is 0.251 e. The van der Waals surface area contributed by atoms with E-state index in [2.05, 4.69) is 5.32 Å². The number of carbonyl (C=O) groups excluding carboxylic acids is 1. The van der Waals surface area contributed by atoms with Crippen LogP contribution in [0.25, 0.3) is 0 Å². The largest absolute Gasteiger partial charge is 0.349 e. The molecule has 23 heavy (non-hydrogen) atoms. The first-order chi connectivity index (χ1) is 10.8. The monoisotopic (exact) mass is 338 g/mol. The van der Waals surface area contributed by atoms with Gasteiger partial charge >= 0.3 is 0 Å². The maximum absolute atomic E-state index is 12.5. The Kier molecular flexibility index (Phi) is 5.81. The standard InChI is InChI=1S/C17H26N2O3S/c1-13(2)19(3)23(21,22)16-11-7-8-14(12-16)17(20)18-15-9-5-4-6-10-15/h7-8,11-13,15H,4-6,9-10H2,1-3H3,(H,18,20). The smallest absolute Gasteiger partial charge is 0.251 e. The average molecular weight is 338 g/mol. The van der Waals surface area contributed by atoms with Gasteiger partial charge in [0, 0.05) is 24.7 Å². The molecule has 1 aliphatic rings. The number of nitrogens with zero attached hydrogens (tertiary/aromatic N) is 1. The van der Waals surface area contributed by atoms with Crippen LogP contribution in [-0.4, -0.2) is 37.8 Å². The van der Waals surface area contributed by atoms with Crippen LogP contribution >= 0.6 is 0 Å². The molecule has 1 aromatic carbocycles. The Morgan fingerprint density at radius 3 is 2.48 bits per heavy atom. The summed E-state index contributed by atoms with van der Waals surface area (Å²) in [5, 5.41) is 3.02. The third kappa shape index (κ3) is 4.32. The molecule has 5 nitrogen and oxygen atoms in total. The lowest BCUT2D eigenvalue weighted by molar-refractivity contribution is 0.0927. The minimum Gasteiger partial charge on any atom is -0.349 e. The molecule has 0 atom stereocenters. The maximum atomic E-state index is 12.5. The second-order valence-electron chi connectivity index (χ2n) is 6.45. The van der Waals surface area contributed by atoms with E-state index in [1.807, 2.05) is 13.8 Å². The van der Waals surface area contributed by atoms with Gasteiger partial charge < -0.3 is 5.32 Å². The van der Waals surface area contributed by atoms with E-state index in [-0.39, 0.29) is 22.9 Å². The van der Waals surface area contributed by atoms with Crippen molar-refractivity contribution in [2.24, 2.45) is 0 Å². The second-order valence-corrected chi connectivity index (χ2v) is 8.45. The Morgan fingerprint density at radius 2 is 1.87 bits per heavy atom. The summed E-state index contributed by atoms with van der Waals surface area (Å²) >= 11 is 0. The van der Waals surface area contributed by atoms with Gasteiger partial charge in [0.15, 0.2) is 0 Å². The summed E-state index contributed by atoms with van der Waals surface area (Å²) in [5.41, 5.74) is 0.397. The molecular formula is C17H26N2O3S. The third-order valence-electron chi connectivity index (χ3n) is 4.44. The zero-order valence-corrected chi connectivity index (χ0v) is 14.9. The fourth-order valence-corrected chi connectivity index (χ4v) is 4.17. The summed E-state index contributed by atoms with van der Waals surface area (Å²) in [4.78, 5) is 12.5. The second kappa shape index (κ2) is 7.45. The highest BCUT2D eigenvalue weighted by molar-refractivity contribution is 7.89. The molecule has 0 aromatic heterocycles. The molecule has 1 aliphatic carbocycles. The van der Waals surface area contributed by atoms with Crippen molar-refractivity contribution in [2.75, 3.05) is 7.05 Å². The van der Waals surface area contributed by atoms with Crippen molar-refractivity contribution < 1.29 is 13.2 Å². The van der Waals surface area contributed by atoms with Crippen LogP contribution in [-0.2, 0) is 10.0 Å². The summed E-state index contributed by atoms with van der Waals surface area (Å²) in [6.45, 7) is 3.63. The van der Waals surface area contributed by atoms with Gasteiger partial charge in [0.2, 0.25) is 10.0 Å². The van der Waals surface area contributed by atoms with E-state index in [1.165, 1.54) is 22.9 Å². The van der Waals surface area contributed by atoms with E-state index < -0.39 is 10.0 Å². The van der Waals surface area contributed by atoms with Gasteiger partial charge in [-0.15, -0.1) is 0 Å². The number of hydrogen-bond acceptors (Lipinski definition) is 3. The molecule has 0 aliphatic heterocycles. The fourth-order valence-electron chi connectivity index (χ4n) is 2.76. The van der Waals surface area contributed by atoms with E-state index in [0.717, 1.165) is 25.7 Å². The first-order valence-corrected chi connectivity index (χ1v) is 9.65. The Labute approximate surface area is 139 Å². The van der Waals surface area contributed by atoms with E-state index in [9.17, 15) is 13.2 Å². The molecule has 0 heterocycles. The molecule has 1 fully saturated rings. The van der Waals surface area contributed by atoms with Gasteiger partial charge in [-0.3, -0.25) is 4.79 Å². The first kappa shape index (κ1) is 17.9. The van der Waals surface area contributed by atoms with Crippen LogP contribution in [0.15, 0.2) is 29.2 Å². The summed E-state index contributed by atoms with van der Waals surface area (Å²) in [6.07, 6.45) is 5.50. The number of hydrogen-bond donors (Lipinski definition) is 1. The number of amides is 1. The first-order valence-electron chi connectivity index (χ1n) is 8.21. The van der Waals surface area contributed by atoms with E-state index >= 15 is 0 Å². The Balaban J connectivity index is 2.17. The third-order valence-corrected chi connectivity index (χ3v) is 6.47. The van der Waals surface area contributed by atoms with Crippen molar-refractivity contribution in [1.29, 1.82) is 0 Å². The molecule has 1 N–H and O–H groups in total. The SMILES string of the molecule is CC(C)N(C)S(=O)(=O)c1cccc(C(=O)NC2CCCCC2)c1. The van der Waals surface area contributed by atoms with Crippen LogP contribution in [0.4, 0.5) is 0 Å². The lowest BCUT2D eigenvalue weighted by Gasteiger charge is -2.23. The number of carbonyl (C=O) groups is 1. The van der Waals surface area contributed by atoms with Crippen molar-refractivity contribution >= 4 is 15.9 Å². The molecule has 0 radical (unpaired) electrons. The lowest BCUT2D eigenvalue weighted by Crippen LogP contribution is -2.36. The molecule has 1 aromatic rings. The molecular weight excluding hydrogens is 312 g/mol. The summed E-state index contributed by atoms with van der Waals surface area (Å²) in [5.74, 6) is -0.193. The number of nitrogens with one attached hydrogen (secondary N) is 1. The highest BCUT2D eigenvalue weighted by atomic mass is 32.2. The van der Waals surface area contributed by atoms with Gasteiger partial charge in [-0.25, -0.2) is 8.42 Å². The molecule has 128 valence electrons. The molecule has 1 amide bonds. The van der Waals surface area contributed by atoms with Crippen LogP contribution in [0.2, 0.25) is 0 Å². The molecule has 0 spiro atoms. The quantitative estimate of drug-likeness (QED) is 0.898. The highest BCUT2D eigenvalue weighted by Crippen LogP contribution is 2.20. The van der Waals surface area contributed by atoms with Crippen molar-refractivity contribution in [3.8, 4) is 0 Å². The summed E-state index contributed by atoms with van der Waals surface area (Å²) in [7, 11) is -2.02. The predicted octanol–water partition coefficient (Wildman–Crippen LogP) is 2.78. The van der Waals surface area contributed by atoms with Crippen molar-refractivity contribution in [3.05, 3.63) is 29.8 Å². The van der Waals surface area contributed by atoms with Crippen molar-refractivity contribution in [3.63, 3.8) is 0 Å². The van der Waals surface area contributed by atoms with Gasteiger partial charge in [0.1, 0.15) is 0 Å². The molecule has 1 saturated carbocycles. The minimum atomic E-state index is -3.57. The van der Waals surface area contributed by atoms with Crippen LogP contribution < -0.4 is 5.32 Å². The number of benzene rings is 1. The van der Waals surface area contributed by atoms with Crippen molar-refractivity contribution in [2.45, 2.75) is 62.9 Å². The predicted molar refractivity (Wildman–Crippen MR) is 90.9 cm³/mol. The Bertz CT molecular complexity index is 650. The van der Waals surface area contributed by atoms with Crippen LogP contribution in [0.1, 0.15) is 56.3 Å². The molecule has 2 rings (SSSR count). The Hall–Kier alpha value is -1.40.